The smallest absolute Gasteiger partial charge is 0.278 e. The summed E-state index contributed by atoms with van der Waals surface area (Å²) in [6.07, 6.45) is -0.175. The van der Waals surface area contributed by atoms with Crippen molar-refractivity contribution in [3.63, 3.8) is 0 Å². The fourth-order valence-corrected chi connectivity index (χ4v) is 4.53. The fraction of sp³-hybridized carbons (Fsp3) is 0.207. The number of aliphatic imine (C=N–C) groups is 1. The molecule has 41 heavy (non-hydrogen) atoms. The maximum Gasteiger partial charge on any atom is 0.278 e. The van der Waals surface area contributed by atoms with Crippen LogP contribution in [-0.4, -0.2) is 54.6 Å². The molecule has 0 radical (unpaired) electrons. The quantitative estimate of drug-likeness (QED) is 0.154. The van der Waals surface area contributed by atoms with E-state index in [1.807, 2.05) is 0 Å². The molecule has 11 nitrogen and oxygen atoms in total. The summed E-state index contributed by atoms with van der Waals surface area (Å²) < 4.78 is 5.44. The topological polar surface area (TPSA) is 160 Å². The van der Waals surface area contributed by atoms with Gasteiger partial charge in [0.25, 0.3) is 5.91 Å². The molecule has 3 aromatic rings. The summed E-state index contributed by atoms with van der Waals surface area (Å²) >= 11 is 6.13. The molecule has 0 unspecified atom stereocenters. The van der Waals surface area contributed by atoms with Gasteiger partial charge in [-0.05, 0) is 55.0 Å². The van der Waals surface area contributed by atoms with Gasteiger partial charge in [0.2, 0.25) is 5.91 Å². The Kier molecular flexibility index (Phi) is 9.00. The summed E-state index contributed by atoms with van der Waals surface area (Å²) in [4.78, 5) is 35.9. The average molecular weight is 577 g/mol. The van der Waals surface area contributed by atoms with Crippen molar-refractivity contribution in [1.82, 2.24) is 10.8 Å². The van der Waals surface area contributed by atoms with Gasteiger partial charge in [0, 0.05) is 22.7 Å². The molecule has 0 saturated heterocycles. The molecule has 0 saturated carbocycles. The highest BCUT2D eigenvalue weighted by molar-refractivity contribution is 6.31. The van der Waals surface area contributed by atoms with E-state index >= 15 is 0 Å². The number of fused-ring (bicyclic) bond motifs is 1. The lowest BCUT2D eigenvalue weighted by Gasteiger charge is -2.26. The first kappa shape index (κ1) is 29.2. The molecule has 12 heteroatoms. The molecule has 4 rings (SSSR count). The average Bonchev–Trinajstić information content (AvgIpc) is 3.06. The van der Waals surface area contributed by atoms with Gasteiger partial charge in [0.1, 0.15) is 29.2 Å². The standard InChI is InChI=1S/C29H29ClN6O5/c1-16(31)36-24-11-9-20(40-2)13-22(24)27(18-5-7-19(30)8-6-18)34-23(28(36)32)14-26(38)33-15-17-4-10-21(25(37)12-17)29(39)35-41-3/h4-13,23,31-32,37H,14-15H2,1-3H3,(H,33,38)(H,35,39)/t23-/m0/s1. The molecular formula is C29H29ClN6O5. The number of hydrogen-bond acceptors (Lipinski definition) is 8. The third-order valence-electron chi connectivity index (χ3n) is 6.36. The lowest BCUT2D eigenvalue weighted by atomic mass is 9.99. The number of carbonyl (C=O) groups is 2. The Balaban J connectivity index is 1.63. The van der Waals surface area contributed by atoms with Gasteiger partial charge in [-0.1, -0.05) is 29.8 Å². The van der Waals surface area contributed by atoms with Gasteiger partial charge in [-0.15, -0.1) is 0 Å². The summed E-state index contributed by atoms with van der Waals surface area (Å²) in [6.45, 7) is 1.63. The van der Waals surface area contributed by atoms with Gasteiger partial charge in [-0.2, -0.15) is 0 Å². The molecule has 0 fully saturated rings. The summed E-state index contributed by atoms with van der Waals surface area (Å²) in [5, 5.41) is 31.0. The van der Waals surface area contributed by atoms with E-state index in [0.29, 0.717) is 33.3 Å². The van der Waals surface area contributed by atoms with E-state index in [2.05, 4.69) is 15.6 Å². The molecule has 1 aliphatic heterocycles. The largest absolute Gasteiger partial charge is 0.507 e. The van der Waals surface area contributed by atoms with Gasteiger partial charge < -0.3 is 15.2 Å². The van der Waals surface area contributed by atoms with E-state index in [0.717, 1.165) is 5.56 Å². The fourth-order valence-electron chi connectivity index (χ4n) is 4.41. The number of amides is 2. The number of hydrogen-bond donors (Lipinski definition) is 5. The Morgan fingerprint density at radius 3 is 2.46 bits per heavy atom. The number of nitrogens with zero attached hydrogens (tertiary/aromatic N) is 2. The van der Waals surface area contributed by atoms with Crippen LogP contribution in [-0.2, 0) is 16.2 Å². The Bertz CT molecular complexity index is 1540. The number of hydroxylamine groups is 1. The number of ether oxygens (including phenoxy) is 1. The number of nitrogens with one attached hydrogen (secondary N) is 4. The third-order valence-corrected chi connectivity index (χ3v) is 6.62. The van der Waals surface area contributed by atoms with Crippen LogP contribution in [0.25, 0.3) is 0 Å². The lowest BCUT2D eigenvalue weighted by molar-refractivity contribution is -0.121. The highest BCUT2D eigenvalue weighted by Gasteiger charge is 2.32. The Morgan fingerprint density at radius 2 is 1.83 bits per heavy atom. The number of carbonyl (C=O) groups excluding carboxylic acids is 2. The number of phenols is 1. The van der Waals surface area contributed by atoms with Crippen LogP contribution >= 0.6 is 11.6 Å². The third kappa shape index (κ3) is 6.53. The van der Waals surface area contributed by atoms with Gasteiger partial charge in [0.15, 0.2) is 0 Å². The van der Waals surface area contributed by atoms with Crippen molar-refractivity contribution in [2.75, 3.05) is 19.1 Å². The van der Waals surface area contributed by atoms with Crippen LogP contribution in [0.15, 0.2) is 65.7 Å². The number of aromatic hydroxyl groups is 1. The molecule has 0 aliphatic carbocycles. The Morgan fingerprint density at radius 1 is 1.10 bits per heavy atom. The minimum atomic E-state index is -0.923. The number of phenolic OH excluding ortho intramolecular Hbond substituents is 1. The zero-order valence-electron chi connectivity index (χ0n) is 22.6. The van der Waals surface area contributed by atoms with Gasteiger partial charge in [-0.3, -0.25) is 35.1 Å². The summed E-state index contributed by atoms with van der Waals surface area (Å²) in [5.74, 6) is -0.636. The SMILES string of the molecule is CONC(=O)c1ccc(CNC(=O)C[C@@H]2N=C(c3ccc(Cl)cc3)c3cc(OC)ccc3N(C(C)=N)C2=N)cc1O. The number of halogens is 1. The monoisotopic (exact) mass is 576 g/mol. The molecular weight excluding hydrogens is 548 g/mol. The first-order valence-corrected chi connectivity index (χ1v) is 12.9. The van der Waals surface area contributed by atoms with E-state index in [1.54, 1.807) is 62.6 Å². The molecule has 0 aromatic heterocycles. The summed E-state index contributed by atoms with van der Waals surface area (Å²) in [7, 11) is 2.83. The molecule has 1 atom stereocenters. The van der Waals surface area contributed by atoms with Crippen molar-refractivity contribution in [3.8, 4) is 11.5 Å². The summed E-state index contributed by atoms with van der Waals surface area (Å²) in [5.41, 5.74) is 5.17. The van der Waals surface area contributed by atoms with Crippen LogP contribution < -0.4 is 20.4 Å². The molecule has 5 N–H and O–H groups in total. The normalized spacial score (nSPS) is 14.4. The second-order valence-electron chi connectivity index (χ2n) is 9.16. The maximum absolute atomic E-state index is 13.1. The molecule has 1 aliphatic rings. The van der Waals surface area contributed by atoms with Gasteiger partial charge in [-0.25, -0.2) is 5.48 Å². The van der Waals surface area contributed by atoms with Crippen LogP contribution in [0.3, 0.4) is 0 Å². The van der Waals surface area contributed by atoms with E-state index < -0.39 is 17.9 Å². The number of anilines is 1. The van der Waals surface area contributed by atoms with Crippen molar-refractivity contribution in [2.45, 2.75) is 25.9 Å². The minimum absolute atomic E-state index is 0.0243. The summed E-state index contributed by atoms with van der Waals surface area (Å²) in [6, 6.07) is 15.8. The van der Waals surface area contributed by atoms with Crippen LogP contribution in [0.1, 0.15) is 40.4 Å². The van der Waals surface area contributed by atoms with Crippen LogP contribution in [0, 0.1) is 10.8 Å². The van der Waals surface area contributed by atoms with Crippen LogP contribution in [0.4, 0.5) is 5.69 Å². The van der Waals surface area contributed by atoms with Gasteiger partial charge >= 0.3 is 0 Å². The first-order valence-electron chi connectivity index (χ1n) is 12.5. The van der Waals surface area contributed by atoms with E-state index in [-0.39, 0.29) is 35.9 Å². The second-order valence-corrected chi connectivity index (χ2v) is 9.59. The number of methoxy groups -OCH3 is 1. The zero-order valence-corrected chi connectivity index (χ0v) is 23.4. The Labute approximate surface area is 241 Å². The molecule has 1 heterocycles. The number of benzodiazepines with no additional fused rings is 1. The number of rotatable bonds is 8. The predicted molar refractivity (Wildman–Crippen MR) is 157 cm³/mol. The van der Waals surface area contributed by atoms with E-state index in [4.69, 9.17) is 32.1 Å². The van der Waals surface area contributed by atoms with Crippen molar-refractivity contribution in [3.05, 3.63) is 87.9 Å². The molecule has 212 valence electrons. The lowest BCUT2D eigenvalue weighted by Crippen LogP contribution is -2.42. The highest BCUT2D eigenvalue weighted by Crippen LogP contribution is 2.33. The number of benzene rings is 3. The highest BCUT2D eigenvalue weighted by atomic mass is 35.5. The second kappa shape index (κ2) is 12.6. The van der Waals surface area contributed by atoms with Gasteiger partial charge in [0.05, 0.1) is 37.6 Å². The van der Waals surface area contributed by atoms with Crippen molar-refractivity contribution in [2.24, 2.45) is 4.99 Å². The number of amidine groups is 2. The molecule has 2 amide bonds. The zero-order chi connectivity index (χ0) is 29.7. The van der Waals surface area contributed by atoms with E-state index in [9.17, 15) is 14.7 Å². The predicted octanol–water partition coefficient (Wildman–Crippen LogP) is 4.05. The van der Waals surface area contributed by atoms with E-state index in [1.165, 1.54) is 24.1 Å². The Hall–Kier alpha value is -4.74. The maximum atomic E-state index is 13.1. The van der Waals surface area contributed by atoms with Crippen LogP contribution in [0.5, 0.6) is 11.5 Å². The first-order chi connectivity index (χ1) is 19.6. The molecule has 3 aromatic carbocycles. The van der Waals surface area contributed by atoms with Crippen molar-refractivity contribution in [1.29, 1.82) is 10.8 Å². The van der Waals surface area contributed by atoms with Crippen molar-refractivity contribution >= 4 is 46.5 Å². The minimum Gasteiger partial charge on any atom is -0.507 e. The molecule has 0 spiro atoms. The van der Waals surface area contributed by atoms with Crippen LogP contribution in [0.2, 0.25) is 5.02 Å². The van der Waals surface area contributed by atoms with Crippen molar-refractivity contribution < 1.29 is 24.3 Å². The molecule has 0 bridgehead atoms.